The van der Waals surface area contributed by atoms with Gasteiger partial charge in [0.2, 0.25) is 0 Å². The first-order chi connectivity index (χ1) is 7.90. The average molecular weight is 221 g/mol. The maximum atomic E-state index is 5.40. The zero-order valence-corrected chi connectivity index (χ0v) is 9.78. The SMILES string of the molecule is CCCn1nccc1NCC1=CCCOC1. The second-order valence-electron chi connectivity index (χ2n) is 4.00. The molecule has 0 fully saturated rings. The van der Waals surface area contributed by atoms with Crippen LogP contribution in [0.25, 0.3) is 0 Å². The quantitative estimate of drug-likeness (QED) is 0.773. The van der Waals surface area contributed by atoms with Crippen LogP contribution in [0, 0.1) is 0 Å². The van der Waals surface area contributed by atoms with Crippen molar-refractivity contribution in [3.05, 3.63) is 23.9 Å². The maximum absolute atomic E-state index is 5.40. The van der Waals surface area contributed by atoms with Gasteiger partial charge >= 0.3 is 0 Å². The Hall–Kier alpha value is -1.29. The Morgan fingerprint density at radius 3 is 3.25 bits per heavy atom. The number of ether oxygens (including phenoxy) is 1. The van der Waals surface area contributed by atoms with Crippen molar-refractivity contribution in [2.24, 2.45) is 0 Å². The molecule has 1 aliphatic heterocycles. The van der Waals surface area contributed by atoms with E-state index in [4.69, 9.17) is 4.74 Å². The molecule has 1 aliphatic rings. The summed E-state index contributed by atoms with van der Waals surface area (Å²) in [5, 5.41) is 7.67. The van der Waals surface area contributed by atoms with Crippen molar-refractivity contribution in [2.75, 3.05) is 25.1 Å². The molecule has 2 heterocycles. The number of anilines is 1. The van der Waals surface area contributed by atoms with Crippen molar-refractivity contribution in [3.63, 3.8) is 0 Å². The molecule has 4 heteroatoms. The molecule has 1 aromatic heterocycles. The summed E-state index contributed by atoms with van der Waals surface area (Å²) >= 11 is 0. The first-order valence-electron chi connectivity index (χ1n) is 5.91. The van der Waals surface area contributed by atoms with Gasteiger partial charge in [-0.05, 0) is 18.4 Å². The van der Waals surface area contributed by atoms with Crippen molar-refractivity contribution in [1.29, 1.82) is 0 Å². The zero-order chi connectivity index (χ0) is 11.2. The lowest BCUT2D eigenvalue weighted by Crippen LogP contribution is -2.16. The fourth-order valence-corrected chi connectivity index (χ4v) is 1.81. The Morgan fingerprint density at radius 2 is 2.50 bits per heavy atom. The Balaban J connectivity index is 1.88. The third-order valence-corrected chi connectivity index (χ3v) is 2.63. The molecule has 1 N–H and O–H groups in total. The second kappa shape index (κ2) is 5.70. The highest BCUT2D eigenvalue weighted by atomic mass is 16.5. The smallest absolute Gasteiger partial charge is 0.124 e. The third-order valence-electron chi connectivity index (χ3n) is 2.63. The molecule has 0 radical (unpaired) electrons. The molecule has 0 aliphatic carbocycles. The molecule has 0 saturated carbocycles. The highest BCUT2D eigenvalue weighted by molar-refractivity contribution is 5.36. The molecule has 0 atom stereocenters. The van der Waals surface area contributed by atoms with Crippen molar-refractivity contribution >= 4 is 5.82 Å². The van der Waals surface area contributed by atoms with Crippen LogP contribution in [-0.4, -0.2) is 29.5 Å². The molecular formula is C12H19N3O. The topological polar surface area (TPSA) is 39.1 Å². The van der Waals surface area contributed by atoms with Gasteiger partial charge in [-0.1, -0.05) is 13.0 Å². The van der Waals surface area contributed by atoms with Gasteiger partial charge in [0.15, 0.2) is 0 Å². The number of nitrogens with zero attached hydrogens (tertiary/aromatic N) is 2. The summed E-state index contributed by atoms with van der Waals surface area (Å²) in [5.74, 6) is 1.09. The van der Waals surface area contributed by atoms with Crippen LogP contribution in [0.3, 0.4) is 0 Å². The number of hydrogen-bond donors (Lipinski definition) is 1. The van der Waals surface area contributed by atoms with Gasteiger partial charge < -0.3 is 10.1 Å². The Labute approximate surface area is 96.3 Å². The van der Waals surface area contributed by atoms with Crippen molar-refractivity contribution < 1.29 is 4.74 Å². The van der Waals surface area contributed by atoms with Gasteiger partial charge in [0, 0.05) is 19.2 Å². The lowest BCUT2D eigenvalue weighted by Gasteiger charge is -2.15. The van der Waals surface area contributed by atoms with E-state index in [0.29, 0.717) is 0 Å². The normalized spacial score (nSPS) is 15.9. The number of nitrogens with one attached hydrogen (secondary N) is 1. The fraction of sp³-hybridized carbons (Fsp3) is 0.583. The van der Waals surface area contributed by atoms with Crippen LogP contribution in [0.15, 0.2) is 23.9 Å². The van der Waals surface area contributed by atoms with Gasteiger partial charge in [0.1, 0.15) is 5.82 Å². The van der Waals surface area contributed by atoms with E-state index in [1.807, 2.05) is 16.9 Å². The molecule has 0 bridgehead atoms. The average Bonchev–Trinajstić information content (AvgIpc) is 2.76. The minimum atomic E-state index is 0.759. The summed E-state index contributed by atoms with van der Waals surface area (Å²) < 4.78 is 7.40. The summed E-state index contributed by atoms with van der Waals surface area (Å²) in [6.45, 7) is 5.59. The minimum absolute atomic E-state index is 0.759. The van der Waals surface area contributed by atoms with E-state index in [1.165, 1.54) is 5.57 Å². The van der Waals surface area contributed by atoms with Crippen molar-refractivity contribution in [2.45, 2.75) is 26.3 Å². The van der Waals surface area contributed by atoms with Crippen LogP contribution in [0.1, 0.15) is 19.8 Å². The van der Waals surface area contributed by atoms with Crippen LogP contribution in [-0.2, 0) is 11.3 Å². The largest absolute Gasteiger partial charge is 0.377 e. The molecule has 88 valence electrons. The first-order valence-corrected chi connectivity index (χ1v) is 5.91. The highest BCUT2D eigenvalue weighted by Gasteiger charge is 2.05. The van der Waals surface area contributed by atoms with E-state index in [0.717, 1.165) is 45.0 Å². The summed E-state index contributed by atoms with van der Waals surface area (Å²) in [4.78, 5) is 0. The molecule has 0 saturated heterocycles. The van der Waals surface area contributed by atoms with Gasteiger partial charge in [0.25, 0.3) is 0 Å². The molecule has 16 heavy (non-hydrogen) atoms. The van der Waals surface area contributed by atoms with E-state index in [1.54, 1.807) is 0 Å². The number of aryl methyl sites for hydroxylation is 1. The molecule has 4 nitrogen and oxygen atoms in total. The Bertz CT molecular complexity index is 357. The molecule has 2 rings (SSSR count). The summed E-state index contributed by atoms with van der Waals surface area (Å²) in [6.07, 6.45) is 6.23. The van der Waals surface area contributed by atoms with Crippen LogP contribution in [0.5, 0.6) is 0 Å². The van der Waals surface area contributed by atoms with Gasteiger partial charge in [-0.3, -0.25) is 0 Å². The predicted octanol–water partition coefficient (Wildman–Crippen LogP) is 2.05. The summed E-state index contributed by atoms with van der Waals surface area (Å²) in [5.41, 5.74) is 1.33. The van der Waals surface area contributed by atoms with Gasteiger partial charge in [-0.25, -0.2) is 4.68 Å². The Kier molecular flexibility index (Phi) is 3.99. The maximum Gasteiger partial charge on any atom is 0.124 e. The van der Waals surface area contributed by atoms with E-state index in [9.17, 15) is 0 Å². The molecule has 0 unspecified atom stereocenters. The lowest BCUT2D eigenvalue weighted by atomic mass is 10.2. The van der Waals surface area contributed by atoms with E-state index >= 15 is 0 Å². The van der Waals surface area contributed by atoms with E-state index in [2.05, 4.69) is 23.4 Å². The summed E-state index contributed by atoms with van der Waals surface area (Å²) in [7, 11) is 0. The van der Waals surface area contributed by atoms with Gasteiger partial charge in [-0.2, -0.15) is 5.10 Å². The number of aromatic nitrogens is 2. The molecule has 1 aromatic rings. The van der Waals surface area contributed by atoms with E-state index in [-0.39, 0.29) is 0 Å². The van der Waals surface area contributed by atoms with Crippen LogP contribution < -0.4 is 5.32 Å². The molecule has 0 aromatic carbocycles. The van der Waals surface area contributed by atoms with Gasteiger partial charge in [-0.15, -0.1) is 0 Å². The molecule has 0 amide bonds. The Morgan fingerprint density at radius 1 is 1.56 bits per heavy atom. The van der Waals surface area contributed by atoms with Crippen LogP contribution in [0.4, 0.5) is 5.82 Å². The number of hydrogen-bond acceptors (Lipinski definition) is 3. The van der Waals surface area contributed by atoms with E-state index < -0.39 is 0 Å². The van der Waals surface area contributed by atoms with Crippen LogP contribution in [0.2, 0.25) is 0 Å². The number of rotatable bonds is 5. The lowest BCUT2D eigenvalue weighted by molar-refractivity contribution is 0.150. The van der Waals surface area contributed by atoms with Gasteiger partial charge in [0.05, 0.1) is 19.4 Å². The van der Waals surface area contributed by atoms with Crippen molar-refractivity contribution in [3.8, 4) is 0 Å². The monoisotopic (exact) mass is 221 g/mol. The first kappa shape index (κ1) is 11.2. The minimum Gasteiger partial charge on any atom is -0.377 e. The zero-order valence-electron chi connectivity index (χ0n) is 9.78. The predicted molar refractivity (Wildman–Crippen MR) is 64.5 cm³/mol. The standard InChI is InChI=1S/C12H19N3O/c1-2-7-15-12(5-6-14-15)13-9-11-4-3-8-16-10-11/h4-6,13H,2-3,7-10H2,1H3. The third kappa shape index (κ3) is 2.85. The van der Waals surface area contributed by atoms with Crippen molar-refractivity contribution in [1.82, 2.24) is 9.78 Å². The molecule has 0 spiro atoms. The highest BCUT2D eigenvalue weighted by Crippen LogP contribution is 2.10. The van der Waals surface area contributed by atoms with Crippen LogP contribution >= 0.6 is 0 Å². The summed E-state index contributed by atoms with van der Waals surface area (Å²) in [6, 6.07) is 2.01. The fourth-order valence-electron chi connectivity index (χ4n) is 1.81. The molecular weight excluding hydrogens is 202 g/mol. The second-order valence-corrected chi connectivity index (χ2v) is 4.00.